The van der Waals surface area contributed by atoms with Gasteiger partial charge in [-0.1, -0.05) is 18.9 Å². The number of aromatic nitrogens is 2. The highest BCUT2D eigenvalue weighted by Crippen LogP contribution is 2.39. The van der Waals surface area contributed by atoms with Gasteiger partial charge in [-0.2, -0.15) is 0 Å². The number of hydrogen-bond acceptors (Lipinski definition) is 2. The molecule has 1 saturated heterocycles. The Morgan fingerprint density at radius 2 is 2.10 bits per heavy atom. The Bertz CT molecular complexity index is 621. The van der Waals surface area contributed by atoms with E-state index in [1.165, 1.54) is 32.1 Å². The number of alkyl halides is 1. The van der Waals surface area contributed by atoms with Gasteiger partial charge >= 0.3 is 0 Å². The molecule has 2 atom stereocenters. The minimum absolute atomic E-state index is 0.522. The van der Waals surface area contributed by atoms with Crippen LogP contribution in [-0.2, 0) is 5.88 Å². The molecule has 0 bridgehead atoms. The lowest BCUT2D eigenvalue weighted by Gasteiger charge is -2.32. The van der Waals surface area contributed by atoms with Gasteiger partial charge in [-0.25, -0.2) is 4.98 Å². The third-order valence-corrected chi connectivity index (χ3v) is 5.27. The first-order chi connectivity index (χ1) is 9.88. The lowest BCUT2D eigenvalue weighted by Crippen LogP contribution is -2.35. The molecule has 2 aromatic heterocycles. The Kier molecular flexibility index (Phi) is 3.10. The van der Waals surface area contributed by atoms with E-state index in [1.54, 1.807) is 0 Å². The van der Waals surface area contributed by atoms with Crippen LogP contribution in [0.1, 0.15) is 37.8 Å². The molecule has 106 valence electrons. The minimum atomic E-state index is 0.522. The van der Waals surface area contributed by atoms with Crippen LogP contribution in [0.25, 0.3) is 5.65 Å². The molecule has 0 amide bonds. The van der Waals surface area contributed by atoms with Gasteiger partial charge in [0.2, 0.25) is 0 Å². The van der Waals surface area contributed by atoms with Gasteiger partial charge in [-0.3, -0.25) is 0 Å². The summed E-state index contributed by atoms with van der Waals surface area (Å²) in [5.74, 6) is 2.52. The van der Waals surface area contributed by atoms with Crippen molar-refractivity contribution in [1.29, 1.82) is 0 Å². The largest absolute Gasteiger partial charge is 0.352 e. The maximum Gasteiger partial charge on any atom is 0.152 e. The lowest BCUT2D eigenvalue weighted by molar-refractivity contribution is 0.341. The van der Waals surface area contributed by atoms with E-state index in [4.69, 9.17) is 16.6 Å². The molecule has 1 aliphatic carbocycles. The predicted octanol–water partition coefficient (Wildman–Crippen LogP) is 3.84. The van der Waals surface area contributed by atoms with Gasteiger partial charge in [-0.15, -0.1) is 11.6 Å². The molecule has 2 fully saturated rings. The number of nitrogens with zero attached hydrogens (tertiary/aromatic N) is 3. The smallest absolute Gasteiger partial charge is 0.152 e. The SMILES string of the molecule is ClCc1c(N2CCC3CCCCC32)nc2ccccn12. The van der Waals surface area contributed by atoms with Crippen LogP contribution in [0.3, 0.4) is 0 Å². The van der Waals surface area contributed by atoms with Gasteiger partial charge in [0.15, 0.2) is 5.82 Å². The Labute approximate surface area is 124 Å². The van der Waals surface area contributed by atoms with Crippen LogP contribution in [0.4, 0.5) is 5.82 Å². The number of fused-ring (bicyclic) bond motifs is 2. The zero-order chi connectivity index (χ0) is 13.5. The van der Waals surface area contributed by atoms with Crippen LogP contribution in [0.2, 0.25) is 0 Å². The van der Waals surface area contributed by atoms with E-state index in [9.17, 15) is 0 Å². The van der Waals surface area contributed by atoms with Gasteiger partial charge in [0.1, 0.15) is 5.65 Å². The fourth-order valence-electron chi connectivity index (χ4n) is 4.06. The molecule has 2 aromatic rings. The first-order valence-corrected chi connectivity index (χ1v) is 8.20. The van der Waals surface area contributed by atoms with Crippen LogP contribution in [-0.4, -0.2) is 22.0 Å². The average Bonchev–Trinajstić information content (AvgIpc) is 3.07. The fraction of sp³-hybridized carbons (Fsp3) is 0.562. The molecule has 4 rings (SSSR count). The summed E-state index contributed by atoms with van der Waals surface area (Å²) in [6.45, 7) is 1.14. The number of pyridine rings is 1. The second-order valence-corrected chi connectivity index (χ2v) is 6.31. The molecule has 3 heterocycles. The van der Waals surface area contributed by atoms with Gasteiger partial charge in [-0.05, 0) is 37.3 Å². The summed E-state index contributed by atoms with van der Waals surface area (Å²) in [6.07, 6.45) is 8.87. The van der Waals surface area contributed by atoms with E-state index in [0.717, 1.165) is 29.6 Å². The predicted molar refractivity (Wildman–Crippen MR) is 82.5 cm³/mol. The summed E-state index contributed by atoms with van der Waals surface area (Å²) in [4.78, 5) is 7.40. The van der Waals surface area contributed by atoms with Crippen molar-refractivity contribution < 1.29 is 0 Å². The molecule has 0 spiro atoms. The van der Waals surface area contributed by atoms with Crippen molar-refractivity contribution in [2.24, 2.45) is 5.92 Å². The van der Waals surface area contributed by atoms with Crippen LogP contribution in [0.15, 0.2) is 24.4 Å². The van der Waals surface area contributed by atoms with E-state index in [1.807, 2.05) is 12.1 Å². The van der Waals surface area contributed by atoms with Crippen LogP contribution >= 0.6 is 11.6 Å². The number of hydrogen-bond donors (Lipinski definition) is 0. The number of rotatable bonds is 2. The zero-order valence-electron chi connectivity index (χ0n) is 11.6. The molecule has 0 aromatic carbocycles. The Balaban J connectivity index is 1.78. The number of anilines is 1. The molecular formula is C16H20ClN3. The van der Waals surface area contributed by atoms with Crippen LogP contribution in [0, 0.1) is 5.92 Å². The standard InChI is InChI=1S/C16H20ClN3/c17-11-14-16(18-15-7-3-4-9-19(14)15)20-10-8-12-5-1-2-6-13(12)20/h3-4,7,9,12-13H,1-2,5-6,8,10-11H2. The third-order valence-electron chi connectivity index (χ3n) is 5.02. The monoisotopic (exact) mass is 289 g/mol. The van der Waals surface area contributed by atoms with E-state index in [2.05, 4.69) is 21.6 Å². The maximum atomic E-state index is 6.22. The molecule has 1 saturated carbocycles. The molecule has 2 unspecified atom stereocenters. The first kappa shape index (κ1) is 12.5. The summed E-state index contributed by atoms with van der Waals surface area (Å²) in [5, 5.41) is 0. The van der Waals surface area contributed by atoms with Crippen molar-refractivity contribution in [3.8, 4) is 0 Å². The van der Waals surface area contributed by atoms with Crippen molar-refractivity contribution in [2.75, 3.05) is 11.4 Å². The van der Waals surface area contributed by atoms with Crippen molar-refractivity contribution in [1.82, 2.24) is 9.38 Å². The van der Waals surface area contributed by atoms with E-state index < -0.39 is 0 Å². The van der Waals surface area contributed by atoms with Gasteiger partial charge in [0.05, 0.1) is 11.6 Å². The number of halogens is 1. The van der Waals surface area contributed by atoms with Crippen molar-refractivity contribution in [3.63, 3.8) is 0 Å². The highest BCUT2D eigenvalue weighted by Gasteiger charge is 2.37. The van der Waals surface area contributed by atoms with Crippen molar-refractivity contribution in [2.45, 2.75) is 44.0 Å². The summed E-state index contributed by atoms with van der Waals surface area (Å²) in [7, 11) is 0. The quantitative estimate of drug-likeness (QED) is 0.783. The van der Waals surface area contributed by atoms with Crippen LogP contribution < -0.4 is 4.90 Å². The minimum Gasteiger partial charge on any atom is -0.352 e. The molecule has 0 radical (unpaired) electrons. The highest BCUT2D eigenvalue weighted by atomic mass is 35.5. The molecular weight excluding hydrogens is 270 g/mol. The zero-order valence-corrected chi connectivity index (χ0v) is 12.4. The maximum absolute atomic E-state index is 6.22. The van der Waals surface area contributed by atoms with E-state index in [-0.39, 0.29) is 0 Å². The topological polar surface area (TPSA) is 20.5 Å². The molecule has 2 aliphatic rings. The van der Waals surface area contributed by atoms with Crippen LogP contribution in [0.5, 0.6) is 0 Å². The summed E-state index contributed by atoms with van der Waals surface area (Å²) in [6, 6.07) is 6.84. The van der Waals surface area contributed by atoms with Crippen molar-refractivity contribution >= 4 is 23.1 Å². The van der Waals surface area contributed by atoms with Gasteiger partial charge < -0.3 is 9.30 Å². The Hall–Kier alpha value is -1.22. The second-order valence-electron chi connectivity index (χ2n) is 6.04. The average molecular weight is 290 g/mol. The summed E-state index contributed by atoms with van der Waals surface area (Å²) >= 11 is 6.22. The molecule has 4 heteroatoms. The van der Waals surface area contributed by atoms with E-state index in [0.29, 0.717) is 11.9 Å². The third kappa shape index (κ3) is 1.83. The fourth-order valence-corrected chi connectivity index (χ4v) is 4.31. The Morgan fingerprint density at radius 1 is 1.20 bits per heavy atom. The molecule has 20 heavy (non-hydrogen) atoms. The lowest BCUT2D eigenvalue weighted by atomic mass is 9.85. The molecule has 1 aliphatic heterocycles. The summed E-state index contributed by atoms with van der Waals surface area (Å²) in [5.41, 5.74) is 2.16. The normalized spacial score (nSPS) is 26.1. The Morgan fingerprint density at radius 3 is 3.00 bits per heavy atom. The number of imidazole rings is 1. The van der Waals surface area contributed by atoms with Crippen molar-refractivity contribution in [3.05, 3.63) is 30.1 Å². The highest BCUT2D eigenvalue weighted by molar-refractivity contribution is 6.17. The van der Waals surface area contributed by atoms with Gasteiger partial charge in [0, 0.05) is 18.8 Å². The summed E-state index contributed by atoms with van der Waals surface area (Å²) < 4.78 is 2.14. The second kappa shape index (κ2) is 4.96. The first-order valence-electron chi connectivity index (χ1n) is 7.67. The molecule has 3 nitrogen and oxygen atoms in total. The molecule has 0 N–H and O–H groups in total. The van der Waals surface area contributed by atoms with E-state index >= 15 is 0 Å². The van der Waals surface area contributed by atoms with Gasteiger partial charge in [0.25, 0.3) is 0 Å².